The van der Waals surface area contributed by atoms with Crippen LogP contribution in [0.4, 0.5) is 0 Å². The quantitative estimate of drug-likeness (QED) is 0.673. The molecule has 16 heavy (non-hydrogen) atoms. The van der Waals surface area contributed by atoms with Crippen molar-refractivity contribution in [3.8, 4) is 0 Å². The monoisotopic (exact) mass is 231 g/mol. The fourth-order valence-corrected chi connectivity index (χ4v) is 2.48. The van der Waals surface area contributed by atoms with Gasteiger partial charge < -0.3 is 19.9 Å². The molecule has 1 aliphatic rings. The first-order chi connectivity index (χ1) is 7.59. The molecule has 0 aromatic carbocycles. The highest BCUT2D eigenvalue weighted by atomic mass is 16.7. The summed E-state index contributed by atoms with van der Waals surface area (Å²) in [5, 5.41) is 13.6. The molecular formula is C12H25NO3. The number of hydrogen-bond acceptors (Lipinski definition) is 4. The molecule has 0 heterocycles. The summed E-state index contributed by atoms with van der Waals surface area (Å²) in [6.45, 7) is 3.45. The molecule has 1 rings (SSSR count). The second-order valence-corrected chi connectivity index (χ2v) is 4.96. The van der Waals surface area contributed by atoms with Crippen LogP contribution in [-0.2, 0) is 9.47 Å². The minimum absolute atomic E-state index is 0.232. The zero-order valence-electron chi connectivity index (χ0n) is 10.7. The SMILES string of the molecule is COC(CNCC1(O)CCCC(C)C1)OC. The molecule has 0 bridgehead atoms. The Morgan fingerprint density at radius 2 is 2.12 bits per heavy atom. The Labute approximate surface area is 98.3 Å². The third-order valence-electron chi connectivity index (χ3n) is 3.36. The maximum absolute atomic E-state index is 10.4. The second-order valence-electron chi connectivity index (χ2n) is 4.96. The Hall–Kier alpha value is -0.160. The Morgan fingerprint density at radius 3 is 2.69 bits per heavy atom. The van der Waals surface area contributed by atoms with Crippen molar-refractivity contribution in [1.29, 1.82) is 0 Å². The summed E-state index contributed by atoms with van der Waals surface area (Å²) in [5.74, 6) is 0.626. The lowest BCUT2D eigenvalue weighted by Gasteiger charge is -2.36. The van der Waals surface area contributed by atoms with Gasteiger partial charge in [-0.25, -0.2) is 0 Å². The van der Waals surface area contributed by atoms with Crippen LogP contribution >= 0.6 is 0 Å². The van der Waals surface area contributed by atoms with Crippen molar-refractivity contribution in [2.75, 3.05) is 27.3 Å². The number of ether oxygens (including phenoxy) is 2. The van der Waals surface area contributed by atoms with Crippen molar-refractivity contribution < 1.29 is 14.6 Å². The molecule has 0 aliphatic heterocycles. The van der Waals surface area contributed by atoms with E-state index in [1.165, 1.54) is 6.42 Å². The lowest BCUT2D eigenvalue weighted by molar-refractivity contribution is -0.102. The molecule has 1 fully saturated rings. The van der Waals surface area contributed by atoms with E-state index in [-0.39, 0.29) is 6.29 Å². The van der Waals surface area contributed by atoms with E-state index in [4.69, 9.17) is 9.47 Å². The topological polar surface area (TPSA) is 50.7 Å². The average Bonchev–Trinajstić information content (AvgIpc) is 2.24. The molecule has 2 atom stereocenters. The zero-order chi connectivity index (χ0) is 12.0. The lowest BCUT2D eigenvalue weighted by atomic mass is 9.79. The maximum Gasteiger partial charge on any atom is 0.169 e. The molecule has 2 unspecified atom stereocenters. The molecule has 4 heteroatoms. The van der Waals surface area contributed by atoms with Crippen LogP contribution in [0.2, 0.25) is 0 Å². The van der Waals surface area contributed by atoms with Crippen LogP contribution in [-0.4, -0.2) is 44.3 Å². The van der Waals surface area contributed by atoms with Crippen LogP contribution in [0.5, 0.6) is 0 Å². The van der Waals surface area contributed by atoms with E-state index in [0.29, 0.717) is 19.0 Å². The Bertz CT molecular complexity index is 197. The molecule has 0 aromatic heterocycles. The molecule has 2 N–H and O–H groups in total. The molecule has 0 radical (unpaired) electrons. The molecule has 1 saturated carbocycles. The Balaban J connectivity index is 2.25. The summed E-state index contributed by atoms with van der Waals surface area (Å²) in [5.41, 5.74) is -0.538. The van der Waals surface area contributed by atoms with E-state index in [2.05, 4.69) is 12.2 Å². The van der Waals surface area contributed by atoms with Crippen LogP contribution in [0.25, 0.3) is 0 Å². The van der Waals surface area contributed by atoms with E-state index in [9.17, 15) is 5.11 Å². The van der Waals surface area contributed by atoms with Gasteiger partial charge in [-0.1, -0.05) is 19.8 Å². The van der Waals surface area contributed by atoms with Crippen molar-refractivity contribution in [1.82, 2.24) is 5.32 Å². The lowest BCUT2D eigenvalue weighted by Crippen LogP contribution is -2.46. The van der Waals surface area contributed by atoms with E-state index < -0.39 is 5.60 Å². The van der Waals surface area contributed by atoms with Gasteiger partial charge in [-0.15, -0.1) is 0 Å². The van der Waals surface area contributed by atoms with E-state index >= 15 is 0 Å². The number of methoxy groups -OCH3 is 2. The van der Waals surface area contributed by atoms with Crippen LogP contribution in [0.15, 0.2) is 0 Å². The molecule has 0 amide bonds. The zero-order valence-corrected chi connectivity index (χ0v) is 10.7. The first kappa shape index (κ1) is 13.9. The van der Waals surface area contributed by atoms with Crippen molar-refractivity contribution in [3.63, 3.8) is 0 Å². The minimum Gasteiger partial charge on any atom is -0.389 e. The molecule has 4 nitrogen and oxygen atoms in total. The second kappa shape index (κ2) is 6.55. The summed E-state index contributed by atoms with van der Waals surface area (Å²) in [7, 11) is 3.24. The largest absolute Gasteiger partial charge is 0.389 e. The van der Waals surface area contributed by atoms with E-state index in [0.717, 1.165) is 19.3 Å². The predicted octanol–water partition coefficient (Wildman–Crippen LogP) is 1.14. The van der Waals surface area contributed by atoms with E-state index in [1.54, 1.807) is 14.2 Å². The van der Waals surface area contributed by atoms with Gasteiger partial charge in [0.25, 0.3) is 0 Å². The minimum atomic E-state index is -0.538. The fraction of sp³-hybridized carbons (Fsp3) is 1.00. The third kappa shape index (κ3) is 4.37. The highest BCUT2D eigenvalue weighted by molar-refractivity contribution is 4.86. The maximum atomic E-state index is 10.4. The molecule has 0 aromatic rings. The van der Waals surface area contributed by atoms with Crippen molar-refractivity contribution in [2.45, 2.75) is 44.5 Å². The number of rotatable bonds is 6. The van der Waals surface area contributed by atoms with Crippen LogP contribution in [0.3, 0.4) is 0 Å². The van der Waals surface area contributed by atoms with Crippen LogP contribution < -0.4 is 5.32 Å². The number of nitrogens with one attached hydrogen (secondary N) is 1. The van der Waals surface area contributed by atoms with Crippen LogP contribution in [0.1, 0.15) is 32.6 Å². The summed E-state index contributed by atoms with van der Waals surface area (Å²) in [6.07, 6.45) is 3.92. The van der Waals surface area contributed by atoms with Gasteiger partial charge in [0, 0.05) is 27.3 Å². The molecule has 0 spiro atoms. The van der Waals surface area contributed by atoms with Gasteiger partial charge >= 0.3 is 0 Å². The summed E-state index contributed by atoms with van der Waals surface area (Å²) in [4.78, 5) is 0. The number of aliphatic hydroxyl groups is 1. The fourth-order valence-electron chi connectivity index (χ4n) is 2.48. The molecule has 96 valence electrons. The van der Waals surface area contributed by atoms with Gasteiger partial charge in [-0.2, -0.15) is 0 Å². The number of hydrogen-bond donors (Lipinski definition) is 2. The standard InChI is InChI=1S/C12H25NO3/c1-10-5-4-6-12(14,7-10)9-13-8-11(15-2)16-3/h10-11,13-14H,4-9H2,1-3H3. The predicted molar refractivity (Wildman–Crippen MR) is 63.3 cm³/mol. The summed E-state index contributed by atoms with van der Waals surface area (Å²) < 4.78 is 10.2. The smallest absolute Gasteiger partial charge is 0.169 e. The summed E-state index contributed by atoms with van der Waals surface area (Å²) >= 11 is 0. The van der Waals surface area contributed by atoms with Crippen molar-refractivity contribution in [3.05, 3.63) is 0 Å². The Kier molecular flexibility index (Phi) is 5.69. The molecule has 1 aliphatic carbocycles. The summed E-state index contributed by atoms with van der Waals surface area (Å²) in [6, 6.07) is 0. The van der Waals surface area contributed by atoms with Crippen molar-refractivity contribution >= 4 is 0 Å². The van der Waals surface area contributed by atoms with Gasteiger partial charge in [0.2, 0.25) is 0 Å². The van der Waals surface area contributed by atoms with Gasteiger partial charge in [0.05, 0.1) is 5.60 Å². The van der Waals surface area contributed by atoms with Crippen LogP contribution in [0, 0.1) is 5.92 Å². The first-order valence-electron chi connectivity index (χ1n) is 6.08. The van der Waals surface area contributed by atoms with Crippen molar-refractivity contribution in [2.24, 2.45) is 5.92 Å². The molecular weight excluding hydrogens is 206 g/mol. The average molecular weight is 231 g/mol. The first-order valence-corrected chi connectivity index (χ1v) is 6.08. The third-order valence-corrected chi connectivity index (χ3v) is 3.36. The normalized spacial score (nSPS) is 30.9. The van der Waals surface area contributed by atoms with Gasteiger partial charge in [0.1, 0.15) is 0 Å². The van der Waals surface area contributed by atoms with E-state index in [1.807, 2.05) is 0 Å². The highest BCUT2D eigenvalue weighted by Gasteiger charge is 2.32. The Morgan fingerprint density at radius 1 is 1.44 bits per heavy atom. The van der Waals surface area contributed by atoms with Gasteiger partial charge in [-0.3, -0.25) is 0 Å². The van der Waals surface area contributed by atoms with Gasteiger partial charge in [0.15, 0.2) is 6.29 Å². The van der Waals surface area contributed by atoms with Gasteiger partial charge in [-0.05, 0) is 18.8 Å². The highest BCUT2D eigenvalue weighted by Crippen LogP contribution is 2.31. The molecule has 0 saturated heterocycles.